The van der Waals surface area contributed by atoms with Crippen LogP contribution < -0.4 is 0 Å². The van der Waals surface area contributed by atoms with Gasteiger partial charge < -0.3 is 34.3 Å². The SMILES string of the molecule is CC/C=C\C/C=C\C/C=C\C/C=C\C/C=C\CCCCCC(=O)OC(COCCCCCCCC/C=C\C/C=C\CCCC)COC1OC(CO)C(O)C(OS(=O)(=O)O)C1O. The van der Waals surface area contributed by atoms with Crippen molar-refractivity contribution in [1.82, 2.24) is 0 Å². The molecule has 1 aliphatic heterocycles. The molecule has 1 rings (SSSR count). The third-order valence-corrected chi connectivity index (χ3v) is 10.2. The molecule has 1 heterocycles. The molecule has 1 saturated heterocycles. The number of hydrogen-bond acceptors (Lipinski definition) is 11. The smallest absolute Gasteiger partial charge is 0.397 e. The highest BCUT2D eigenvalue weighted by Crippen LogP contribution is 2.26. The predicted octanol–water partition coefficient (Wildman–Crippen LogP) is 9.68. The first-order valence-corrected chi connectivity index (χ1v) is 24.2. The van der Waals surface area contributed by atoms with Gasteiger partial charge >= 0.3 is 16.4 Å². The first kappa shape index (κ1) is 56.3. The second kappa shape index (κ2) is 38.9. The summed E-state index contributed by atoms with van der Waals surface area (Å²) in [5, 5.41) is 30.7. The number of unbranched alkanes of at least 4 members (excludes halogenated alkanes) is 11. The van der Waals surface area contributed by atoms with Crippen molar-refractivity contribution in [3.05, 3.63) is 85.1 Å². The fourth-order valence-electron chi connectivity index (χ4n) is 6.30. The maximum atomic E-state index is 12.8. The van der Waals surface area contributed by atoms with Crippen LogP contribution in [-0.2, 0) is 38.3 Å². The van der Waals surface area contributed by atoms with Gasteiger partial charge in [-0.3, -0.25) is 9.35 Å². The molecule has 0 aromatic rings. The van der Waals surface area contributed by atoms with E-state index in [-0.39, 0.29) is 19.6 Å². The summed E-state index contributed by atoms with van der Waals surface area (Å²) < 4.78 is 59.0. The van der Waals surface area contributed by atoms with E-state index in [0.29, 0.717) is 13.0 Å². The highest BCUT2D eigenvalue weighted by atomic mass is 32.3. The molecular formula is C48H80O12S. The van der Waals surface area contributed by atoms with E-state index >= 15 is 0 Å². The molecule has 1 fully saturated rings. The summed E-state index contributed by atoms with van der Waals surface area (Å²) in [5.41, 5.74) is 0. The minimum Gasteiger partial charge on any atom is -0.457 e. The highest BCUT2D eigenvalue weighted by Gasteiger charge is 2.48. The van der Waals surface area contributed by atoms with Crippen LogP contribution in [0.25, 0.3) is 0 Å². The van der Waals surface area contributed by atoms with Crippen LogP contribution in [0, 0.1) is 0 Å². The number of aliphatic hydroxyl groups excluding tert-OH is 3. The minimum absolute atomic E-state index is 0.00968. The molecule has 6 atom stereocenters. The van der Waals surface area contributed by atoms with E-state index in [1.807, 2.05) is 0 Å². The Morgan fingerprint density at radius 2 is 1.13 bits per heavy atom. The normalized spacial score (nSPS) is 20.9. The average molecular weight is 881 g/mol. The van der Waals surface area contributed by atoms with E-state index in [2.05, 4.69) is 103 Å². The van der Waals surface area contributed by atoms with Crippen LogP contribution in [-0.4, -0.2) is 97.5 Å². The molecule has 0 amide bonds. The lowest BCUT2D eigenvalue weighted by molar-refractivity contribution is -0.301. The maximum Gasteiger partial charge on any atom is 0.397 e. The number of ether oxygens (including phenoxy) is 4. The first-order valence-electron chi connectivity index (χ1n) is 22.8. The number of rotatable bonds is 38. The molecule has 1 aliphatic rings. The van der Waals surface area contributed by atoms with E-state index < -0.39 is 59.8 Å². The largest absolute Gasteiger partial charge is 0.457 e. The van der Waals surface area contributed by atoms with E-state index in [9.17, 15) is 28.5 Å². The molecule has 0 bridgehead atoms. The molecule has 61 heavy (non-hydrogen) atoms. The van der Waals surface area contributed by atoms with Gasteiger partial charge in [-0.15, -0.1) is 0 Å². The van der Waals surface area contributed by atoms with Crippen LogP contribution in [0.15, 0.2) is 85.1 Å². The number of allylic oxidation sites excluding steroid dienone is 14. The highest BCUT2D eigenvalue weighted by molar-refractivity contribution is 7.80. The van der Waals surface area contributed by atoms with Crippen LogP contribution in [0.2, 0.25) is 0 Å². The van der Waals surface area contributed by atoms with Gasteiger partial charge in [-0.25, -0.2) is 4.18 Å². The third-order valence-electron chi connectivity index (χ3n) is 9.75. The molecule has 12 nitrogen and oxygen atoms in total. The van der Waals surface area contributed by atoms with Crippen molar-refractivity contribution in [3.63, 3.8) is 0 Å². The second-order valence-electron chi connectivity index (χ2n) is 15.3. The van der Waals surface area contributed by atoms with E-state index in [1.54, 1.807) is 0 Å². The lowest BCUT2D eigenvalue weighted by Gasteiger charge is -2.41. The number of hydrogen-bond donors (Lipinski definition) is 4. The Kier molecular flexibility index (Phi) is 35.9. The average Bonchev–Trinajstić information content (AvgIpc) is 3.23. The van der Waals surface area contributed by atoms with Crippen LogP contribution >= 0.6 is 0 Å². The summed E-state index contributed by atoms with van der Waals surface area (Å²) in [4.78, 5) is 12.8. The van der Waals surface area contributed by atoms with Gasteiger partial charge in [0, 0.05) is 13.0 Å². The molecule has 0 radical (unpaired) electrons. The van der Waals surface area contributed by atoms with Crippen molar-refractivity contribution in [2.75, 3.05) is 26.4 Å². The third kappa shape index (κ3) is 32.6. The topological polar surface area (TPSA) is 178 Å². The van der Waals surface area contributed by atoms with Crippen molar-refractivity contribution >= 4 is 16.4 Å². The van der Waals surface area contributed by atoms with E-state index in [0.717, 1.165) is 96.3 Å². The lowest BCUT2D eigenvalue weighted by atomic mass is 9.99. The van der Waals surface area contributed by atoms with Gasteiger partial charge in [0.25, 0.3) is 0 Å². The van der Waals surface area contributed by atoms with Gasteiger partial charge in [-0.05, 0) is 83.5 Å². The summed E-state index contributed by atoms with van der Waals surface area (Å²) in [6.07, 6.45) is 41.8. The minimum atomic E-state index is -5.07. The summed E-state index contributed by atoms with van der Waals surface area (Å²) in [6, 6.07) is 0. The molecule has 0 saturated carbocycles. The molecule has 0 aliphatic carbocycles. The number of carbonyl (C=O) groups excluding carboxylic acids is 1. The first-order chi connectivity index (χ1) is 29.6. The van der Waals surface area contributed by atoms with E-state index in [4.69, 9.17) is 23.5 Å². The molecule has 0 aromatic carbocycles. The summed E-state index contributed by atoms with van der Waals surface area (Å²) in [6.45, 7) is 3.74. The van der Waals surface area contributed by atoms with Crippen molar-refractivity contribution in [1.29, 1.82) is 0 Å². The molecule has 0 spiro atoms. The molecule has 4 N–H and O–H groups in total. The standard InChI is InChI=1S/C48H80O12S/c1-3-5-7-9-11-13-15-17-19-20-21-22-23-25-27-29-31-33-35-37-44(50)58-42(41-57-48-46(52)47(60-61(53,54)55)45(51)43(39-49)59-48)40-56-38-36-34-32-30-28-26-24-18-16-14-12-10-8-6-4-2/h5,7,10-13,16-19,21-22,25,27,42-43,45-49,51-52H,3-4,6,8-9,14-15,20,23-24,26,28-41H2,1-2H3,(H,53,54,55)/b7-5-,12-10-,13-11-,18-16-,19-17-,22-21-,27-25-. The van der Waals surface area contributed by atoms with Crippen LogP contribution in [0.3, 0.4) is 0 Å². The molecule has 350 valence electrons. The van der Waals surface area contributed by atoms with Gasteiger partial charge in [0.2, 0.25) is 0 Å². The number of carbonyl (C=O) groups is 1. The van der Waals surface area contributed by atoms with Crippen LogP contribution in [0.1, 0.15) is 149 Å². The van der Waals surface area contributed by atoms with Crippen LogP contribution in [0.5, 0.6) is 0 Å². The number of aliphatic hydroxyl groups is 3. The Bertz CT molecular complexity index is 1390. The Hall–Kier alpha value is -2.72. The summed E-state index contributed by atoms with van der Waals surface area (Å²) in [7, 11) is -5.07. The Morgan fingerprint density at radius 1 is 0.639 bits per heavy atom. The van der Waals surface area contributed by atoms with Gasteiger partial charge in [0.05, 0.1) is 19.8 Å². The zero-order valence-electron chi connectivity index (χ0n) is 37.2. The lowest BCUT2D eigenvalue weighted by Crippen LogP contribution is -2.60. The van der Waals surface area contributed by atoms with Gasteiger partial charge in [-0.1, -0.05) is 144 Å². The number of esters is 1. The quantitative estimate of drug-likeness (QED) is 0.0200. The van der Waals surface area contributed by atoms with Gasteiger partial charge in [0.15, 0.2) is 6.29 Å². The van der Waals surface area contributed by atoms with Crippen molar-refractivity contribution in [3.8, 4) is 0 Å². The monoisotopic (exact) mass is 881 g/mol. The molecule has 13 heteroatoms. The Balaban J connectivity index is 2.47. The van der Waals surface area contributed by atoms with Crippen molar-refractivity contribution < 1.29 is 56.2 Å². The summed E-state index contributed by atoms with van der Waals surface area (Å²) in [5.74, 6) is -0.438. The zero-order valence-corrected chi connectivity index (χ0v) is 38.0. The fourth-order valence-corrected chi connectivity index (χ4v) is 6.81. The predicted molar refractivity (Wildman–Crippen MR) is 243 cm³/mol. The fraction of sp³-hybridized carbons (Fsp3) is 0.688. The van der Waals surface area contributed by atoms with Gasteiger partial charge in [0.1, 0.15) is 30.5 Å². The maximum absolute atomic E-state index is 12.8. The van der Waals surface area contributed by atoms with Crippen LogP contribution in [0.4, 0.5) is 0 Å². The Labute approximate surface area is 368 Å². The van der Waals surface area contributed by atoms with Gasteiger partial charge in [-0.2, -0.15) is 8.42 Å². The second-order valence-corrected chi connectivity index (χ2v) is 16.3. The zero-order chi connectivity index (χ0) is 44.7. The molecular weight excluding hydrogens is 801 g/mol. The molecule has 0 aromatic heterocycles. The Morgan fingerprint density at radius 3 is 1.66 bits per heavy atom. The summed E-state index contributed by atoms with van der Waals surface area (Å²) >= 11 is 0. The van der Waals surface area contributed by atoms with Crippen molar-refractivity contribution in [2.45, 2.75) is 185 Å². The van der Waals surface area contributed by atoms with Crippen molar-refractivity contribution in [2.24, 2.45) is 0 Å². The van der Waals surface area contributed by atoms with E-state index in [1.165, 1.54) is 25.7 Å². The molecule has 6 unspecified atom stereocenters.